The fourth-order valence-corrected chi connectivity index (χ4v) is 2.61. The van der Waals surface area contributed by atoms with Gasteiger partial charge in [-0.3, -0.25) is 0 Å². The highest BCUT2D eigenvalue weighted by atomic mass is 35.5. The van der Waals surface area contributed by atoms with Crippen molar-refractivity contribution >= 4 is 40.3 Å². The summed E-state index contributed by atoms with van der Waals surface area (Å²) in [6, 6.07) is 10.8. The molecule has 0 aromatic heterocycles. The normalized spacial score (nSPS) is 12.6. The Morgan fingerprint density at radius 2 is 1.76 bits per heavy atom. The summed E-state index contributed by atoms with van der Waals surface area (Å²) in [4.78, 5) is 0. The molecule has 134 valence electrons. The Kier molecular flexibility index (Phi) is 6.30. The first-order chi connectivity index (χ1) is 11.7. The lowest BCUT2D eigenvalue weighted by Crippen LogP contribution is -2.19. The van der Waals surface area contributed by atoms with Crippen molar-refractivity contribution in [2.75, 3.05) is 10.6 Å². The summed E-state index contributed by atoms with van der Waals surface area (Å²) in [5.41, 5.74) is 1.27. The lowest BCUT2D eigenvalue weighted by Gasteiger charge is -2.15. The first kappa shape index (κ1) is 19.5. The van der Waals surface area contributed by atoms with Gasteiger partial charge >= 0.3 is 6.18 Å². The number of nitrogens with one attached hydrogen (secondary N) is 2. The molecule has 2 aromatic carbocycles. The molecule has 2 N–H and O–H groups in total. The van der Waals surface area contributed by atoms with Gasteiger partial charge in [0.25, 0.3) is 0 Å². The lowest BCUT2D eigenvalue weighted by molar-refractivity contribution is -0.137. The predicted octanol–water partition coefficient (Wildman–Crippen LogP) is 6.68. The lowest BCUT2D eigenvalue weighted by atomic mass is 9.99. The van der Waals surface area contributed by atoms with E-state index in [2.05, 4.69) is 24.5 Å². The third-order valence-corrected chi connectivity index (χ3v) is 4.43. The van der Waals surface area contributed by atoms with Crippen LogP contribution < -0.4 is 10.6 Å². The summed E-state index contributed by atoms with van der Waals surface area (Å²) < 4.78 is 38.4. The van der Waals surface area contributed by atoms with E-state index in [-0.39, 0.29) is 15.8 Å². The van der Waals surface area contributed by atoms with Gasteiger partial charge in [0.15, 0.2) is 5.11 Å². The molecule has 0 aliphatic heterocycles. The van der Waals surface area contributed by atoms with Crippen molar-refractivity contribution in [3.63, 3.8) is 0 Å². The zero-order chi connectivity index (χ0) is 18.6. The minimum absolute atomic E-state index is 0.102. The molecule has 2 nitrogen and oxygen atoms in total. The van der Waals surface area contributed by atoms with Crippen LogP contribution in [0.1, 0.15) is 37.3 Å². The summed E-state index contributed by atoms with van der Waals surface area (Å²) in [6.45, 7) is 4.26. The maximum atomic E-state index is 12.8. The molecule has 0 saturated carbocycles. The number of rotatable bonds is 4. The Bertz CT molecular complexity index is 745. The van der Waals surface area contributed by atoms with Crippen LogP contribution in [0.4, 0.5) is 24.5 Å². The van der Waals surface area contributed by atoms with Crippen LogP contribution in [0.25, 0.3) is 0 Å². The molecule has 0 radical (unpaired) electrons. The number of thiocarbonyl (C=S) groups is 1. The predicted molar refractivity (Wildman–Crippen MR) is 101 cm³/mol. The maximum Gasteiger partial charge on any atom is 0.416 e. The third-order valence-electron chi connectivity index (χ3n) is 3.89. The first-order valence-electron chi connectivity index (χ1n) is 7.75. The van der Waals surface area contributed by atoms with E-state index in [1.807, 2.05) is 24.3 Å². The Balaban J connectivity index is 2.07. The second kappa shape index (κ2) is 8.06. The van der Waals surface area contributed by atoms with Gasteiger partial charge in [-0.05, 0) is 60.5 Å². The number of hydrogen-bond donors (Lipinski definition) is 2. The van der Waals surface area contributed by atoms with E-state index < -0.39 is 11.7 Å². The number of halogens is 4. The molecule has 0 saturated heterocycles. The van der Waals surface area contributed by atoms with E-state index in [1.165, 1.54) is 11.6 Å². The largest absolute Gasteiger partial charge is 0.416 e. The molecular weight excluding hydrogens is 369 g/mol. The van der Waals surface area contributed by atoms with Crippen LogP contribution in [0.15, 0.2) is 42.5 Å². The molecule has 2 aromatic rings. The van der Waals surface area contributed by atoms with Crippen molar-refractivity contribution in [1.82, 2.24) is 0 Å². The van der Waals surface area contributed by atoms with Gasteiger partial charge in [0.05, 0.1) is 16.3 Å². The first-order valence-corrected chi connectivity index (χ1v) is 8.54. The number of benzene rings is 2. The van der Waals surface area contributed by atoms with Crippen molar-refractivity contribution in [3.8, 4) is 0 Å². The SMILES string of the molecule is CCC(C)c1ccc(NC(=S)Nc2cc(C(F)(F)F)ccc2Cl)cc1. The molecule has 0 amide bonds. The monoisotopic (exact) mass is 386 g/mol. The summed E-state index contributed by atoms with van der Waals surface area (Å²) >= 11 is 11.1. The molecule has 0 heterocycles. The molecule has 7 heteroatoms. The van der Waals surface area contributed by atoms with Crippen LogP contribution in [0.5, 0.6) is 0 Å². The number of alkyl halides is 3. The zero-order valence-electron chi connectivity index (χ0n) is 13.7. The van der Waals surface area contributed by atoms with Gasteiger partial charge in [-0.2, -0.15) is 13.2 Å². The topological polar surface area (TPSA) is 24.1 Å². The van der Waals surface area contributed by atoms with E-state index in [0.717, 1.165) is 24.2 Å². The average Bonchev–Trinajstić information content (AvgIpc) is 2.55. The molecule has 1 unspecified atom stereocenters. The van der Waals surface area contributed by atoms with Crippen molar-refractivity contribution in [3.05, 3.63) is 58.6 Å². The molecule has 0 aliphatic rings. The molecule has 0 spiro atoms. The number of hydrogen-bond acceptors (Lipinski definition) is 1. The van der Waals surface area contributed by atoms with E-state index >= 15 is 0 Å². The van der Waals surface area contributed by atoms with Gasteiger partial charge in [-0.25, -0.2) is 0 Å². The van der Waals surface area contributed by atoms with E-state index in [9.17, 15) is 13.2 Å². The zero-order valence-corrected chi connectivity index (χ0v) is 15.3. The number of anilines is 2. The Morgan fingerprint density at radius 3 is 2.32 bits per heavy atom. The van der Waals surface area contributed by atoms with Gasteiger partial charge in [0, 0.05) is 5.69 Å². The van der Waals surface area contributed by atoms with Crippen molar-refractivity contribution in [1.29, 1.82) is 0 Å². The van der Waals surface area contributed by atoms with Gasteiger partial charge in [-0.1, -0.05) is 37.6 Å². The highest BCUT2D eigenvalue weighted by Gasteiger charge is 2.31. The second-order valence-corrected chi connectivity index (χ2v) is 6.52. The van der Waals surface area contributed by atoms with Crippen LogP contribution in [0, 0.1) is 0 Å². The molecule has 0 aliphatic carbocycles. The fraction of sp³-hybridized carbons (Fsp3) is 0.278. The summed E-state index contributed by atoms with van der Waals surface area (Å²) in [5.74, 6) is 0.461. The summed E-state index contributed by atoms with van der Waals surface area (Å²) in [6.07, 6.45) is -3.40. The molecular formula is C18H18ClF3N2S. The molecule has 25 heavy (non-hydrogen) atoms. The maximum absolute atomic E-state index is 12.8. The standard InChI is InChI=1S/C18H18ClF3N2S/c1-3-11(2)12-4-7-14(8-5-12)23-17(25)24-16-10-13(18(20,21)22)6-9-15(16)19/h4-11H,3H2,1-2H3,(H2,23,24,25). The van der Waals surface area contributed by atoms with Crippen LogP contribution in [-0.4, -0.2) is 5.11 Å². The smallest absolute Gasteiger partial charge is 0.332 e. The minimum atomic E-state index is -4.44. The van der Waals surface area contributed by atoms with E-state index in [4.69, 9.17) is 23.8 Å². The third kappa shape index (κ3) is 5.34. The Hall–Kier alpha value is -1.79. The highest BCUT2D eigenvalue weighted by molar-refractivity contribution is 7.80. The quantitative estimate of drug-likeness (QED) is 0.573. The summed E-state index contributed by atoms with van der Waals surface area (Å²) in [7, 11) is 0. The highest BCUT2D eigenvalue weighted by Crippen LogP contribution is 2.33. The Morgan fingerprint density at radius 1 is 1.12 bits per heavy atom. The molecule has 2 rings (SSSR count). The van der Waals surface area contributed by atoms with Crippen LogP contribution in [-0.2, 0) is 6.18 Å². The van der Waals surface area contributed by atoms with Gasteiger partial charge in [0.1, 0.15) is 0 Å². The van der Waals surface area contributed by atoms with Crippen LogP contribution in [0.3, 0.4) is 0 Å². The fourth-order valence-electron chi connectivity index (χ4n) is 2.21. The van der Waals surface area contributed by atoms with Gasteiger partial charge < -0.3 is 10.6 Å². The molecule has 0 fully saturated rings. The average molecular weight is 387 g/mol. The van der Waals surface area contributed by atoms with Crippen LogP contribution >= 0.6 is 23.8 Å². The molecule has 1 atom stereocenters. The second-order valence-electron chi connectivity index (χ2n) is 5.70. The van der Waals surface area contributed by atoms with Gasteiger partial charge in [-0.15, -0.1) is 0 Å². The Labute approximate surface area is 155 Å². The minimum Gasteiger partial charge on any atom is -0.332 e. The van der Waals surface area contributed by atoms with Gasteiger partial charge in [0.2, 0.25) is 0 Å². The van der Waals surface area contributed by atoms with Crippen LogP contribution in [0.2, 0.25) is 5.02 Å². The van der Waals surface area contributed by atoms with E-state index in [0.29, 0.717) is 5.92 Å². The van der Waals surface area contributed by atoms with Crippen molar-refractivity contribution in [2.45, 2.75) is 32.4 Å². The van der Waals surface area contributed by atoms with Crippen molar-refractivity contribution < 1.29 is 13.2 Å². The molecule has 0 bridgehead atoms. The van der Waals surface area contributed by atoms with Crippen molar-refractivity contribution in [2.24, 2.45) is 0 Å². The van der Waals surface area contributed by atoms with E-state index in [1.54, 1.807) is 0 Å². The summed E-state index contributed by atoms with van der Waals surface area (Å²) in [5, 5.41) is 5.97.